The fourth-order valence-corrected chi connectivity index (χ4v) is 3.27. The summed E-state index contributed by atoms with van der Waals surface area (Å²) in [5.41, 5.74) is 0. The van der Waals surface area contributed by atoms with Crippen LogP contribution >= 0.6 is 22.9 Å². The molecule has 1 aliphatic heterocycles. The number of rotatable bonds is 4. The van der Waals surface area contributed by atoms with Gasteiger partial charge in [0.25, 0.3) is 5.89 Å². The largest absolute Gasteiger partial charge is 0.420 e. The number of carbonyl (C=O) groups is 1. The summed E-state index contributed by atoms with van der Waals surface area (Å²) in [6.45, 7) is 1.82. The van der Waals surface area contributed by atoms with E-state index in [0.717, 1.165) is 24.3 Å². The number of nitrogens with zero attached hydrogens (tertiary/aromatic N) is 3. The molecule has 2 aromatic heterocycles. The third-order valence-corrected chi connectivity index (χ3v) is 4.65. The van der Waals surface area contributed by atoms with E-state index < -0.39 is 0 Å². The second kappa shape index (κ2) is 7.11. The molecule has 1 saturated heterocycles. The predicted octanol–water partition coefficient (Wildman–Crippen LogP) is 2.93. The van der Waals surface area contributed by atoms with Crippen molar-refractivity contribution < 1.29 is 9.21 Å². The summed E-state index contributed by atoms with van der Waals surface area (Å²) in [6.07, 6.45) is 1.88. The van der Waals surface area contributed by atoms with E-state index in [2.05, 4.69) is 15.5 Å². The van der Waals surface area contributed by atoms with Crippen molar-refractivity contribution in [2.75, 3.05) is 25.5 Å². The minimum Gasteiger partial charge on any atom is -0.420 e. The highest BCUT2D eigenvalue weighted by molar-refractivity contribution is 7.13. The maximum absolute atomic E-state index is 12.0. The van der Waals surface area contributed by atoms with Crippen LogP contribution in [0.1, 0.15) is 24.7 Å². The number of hydrogen-bond donors (Lipinski definition) is 1. The van der Waals surface area contributed by atoms with Crippen LogP contribution in [-0.2, 0) is 0 Å². The van der Waals surface area contributed by atoms with Gasteiger partial charge in [0.2, 0.25) is 5.89 Å². The Morgan fingerprint density at radius 2 is 2.45 bits per heavy atom. The maximum atomic E-state index is 12.0. The molecule has 0 spiro atoms. The zero-order valence-electron chi connectivity index (χ0n) is 12.0. The summed E-state index contributed by atoms with van der Waals surface area (Å²) in [6, 6.07) is 3.82. The first-order valence-corrected chi connectivity index (χ1v) is 8.65. The van der Waals surface area contributed by atoms with Crippen LogP contribution in [0, 0.1) is 0 Å². The second-order valence-corrected chi connectivity index (χ2v) is 6.45. The molecule has 0 aromatic carbocycles. The molecular formula is C14H17ClN4O2S. The number of halogens is 1. The first-order valence-electron chi connectivity index (χ1n) is 7.24. The highest BCUT2D eigenvalue weighted by Gasteiger charge is 2.28. The smallest absolute Gasteiger partial charge is 0.317 e. The highest BCUT2D eigenvalue weighted by Crippen LogP contribution is 2.29. The second-order valence-electron chi connectivity index (χ2n) is 5.13. The lowest BCUT2D eigenvalue weighted by molar-refractivity contribution is 0.175. The van der Waals surface area contributed by atoms with E-state index in [0.29, 0.717) is 30.8 Å². The number of hydrogen-bond acceptors (Lipinski definition) is 5. The molecule has 1 fully saturated rings. The summed E-state index contributed by atoms with van der Waals surface area (Å²) >= 11 is 7.16. The molecule has 0 bridgehead atoms. The van der Waals surface area contributed by atoms with E-state index in [1.54, 1.807) is 16.2 Å². The molecule has 3 heterocycles. The van der Waals surface area contributed by atoms with E-state index in [4.69, 9.17) is 16.0 Å². The Bertz CT molecular complexity index is 616. The molecule has 8 heteroatoms. The van der Waals surface area contributed by atoms with Gasteiger partial charge in [0.1, 0.15) is 0 Å². The fourth-order valence-electron chi connectivity index (χ4n) is 2.53. The number of carbonyl (C=O) groups excluding carboxylic acids is 1. The van der Waals surface area contributed by atoms with Crippen molar-refractivity contribution >= 4 is 29.0 Å². The van der Waals surface area contributed by atoms with E-state index in [1.165, 1.54) is 0 Å². The van der Waals surface area contributed by atoms with Crippen LogP contribution in [0.4, 0.5) is 4.79 Å². The van der Waals surface area contributed by atoms with Gasteiger partial charge in [-0.15, -0.1) is 33.1 Å². The van der Waals surface area contributed by atoms with Gasteiger partial charge in [-0.3, -0.25) is 0 Å². The van der Waals surface area contributed by atoms with Crippen LogP contribution in [0.15, 0.2) is 21.9 Å². The lowest BCUT2D eigenvalue weighted by Gasteiger charge is -2.31. The molecule has 1 unspecified atom stereocenters. The van der Waals surface area contributed by atoms with Gasteiger partial charge in [-0.1, -0.05) is 6.07 Å². The van der Waals surface area contributed by atoms with Crippen molar-refractivity contribution in [1.82, 2.24) is 20.4 Å². The molecule has 1 aliphatic rings. The monoisotopic (exact) mass is 340 g/mol. The van der Waals surface area contributed by atoms with Crippen LogP contribution in [0.2, 0.25) is 0 Å². The average molecular weight is 341 g/mol. The molecule has 6 nitrogen and oxygen atoms in total. The molecular weight excluding hydrogens is 324 g/mol. The number of urea groups is 1. The van der Waals surface area contributed by atoms with Gasteiger partial charge >= 0.3 is 6.03 Å². The number of piperidine rings is 1. The average Bonchev–Trinajstić information content (AvgIpc) is 3.23. The summed E-state index contributed by atoms with van der Waals surface area (Å²) < 4.78 is 5.79. The van der Waals surface area contributed by atoms with Crippen LogP contribution in [0.5, 0.6) is 0 Å². The Kier molecular flexibility index (Phi) is 4.94. The zero-order chi connectivity index (χ0) is 15.4. The molecule has 22 heavy (non-hydrogen) atoms. The highest BCUT2D eigenvalue weighted by atomic mass is 35.5. The molecule has 1 atom stereocenters. The van der Waals surface area contributed by atoms with Gasteiger partial charge in [0.05, 0.1) is 10.8 Å². The zero-order valence-corrected chi connectivity index (χ0v) is 13.6. The van der Waals surface area contributed by atoms with Gasteiger partial charge < -0.3 is 14.6 Å². The summed E-state index contributed by atoms with van der Waals surface area (Å²) in [4.78, 5) is 14.8. The van der Waals surface area contributed by atoms with Crippen LogP contribution in [-0.4, -0.2) is 46.6 Å². The number of thiophene rings is 1. The van der Waals surface area contributed by atoms with E-state index >= 15 is 0 Å². The van der Waals surface area contributed by atoms with E-state index in [9.17, 15) is 4.79 Å². The topological polar surface area (TPSA) is 71.3 Å². The van der Waals surface area contributed by atoms with Gasteiger partial charge in [-0.2, -0.15) is 0 Å². The van der Waals surface area contributed by atoms with E-state index in [-0.39, 0.29) is 11.9 Å². The van der Waals surface area contributed by atoms with Crippen LogP contribution in [0.25, 0.3) is 10.8 Å². The number of alkyl halides is 1. The third-order valence-electron chi connectivity index (χ3n) is 3.60. The molecule has 2 amide bonds. The first kappa shape index (κ1) is 15.3. The van der Waals surface area contributed by atoms with Crippen molar-refractivity contribution in [3.05, 3.63) is 23.4 Å². The summed E-state index contributed by atoms with van der Waals surface area (Å²) in [7, 11) is 0. The number of aromatic nitrogens is 2. The van der Waals surface area contributed by atoms with Crippen molar-refractivity contribution in [2.45, 2.75) is 18.8 Å². The van der Waals surface area contributed by atoms with Crippen LogP contribution < -0.4 is 5.32 Å². The third kappa shape index (κ3) is 3.41. The van der Waals surface area contributed by atoms with Crippen LogP contribution in [0.3, 0.4) is 0 Å². The molecule has 1 N–H and O–H groups in total. The minimum atomic E-state index is -0.0802. The fraction of sp³-hybridized carbons (Fsp3) is 0.500. The molecule has 0 aliphatic carbocycles. The normalized spacial score (nSPS) is 18.4. The lowest BCUT2D eigenvalue weighted by Crippen LogP contribution is -2.45. The number of amides is 2. The standard InChI is InChI=1S/C14H17ClN4O2S/c15-5-6-16-14(20)19-7-1-3-10(9-19)12-17-18-13(21-12)11-4-2-8-22-11/h2,4,8,10H,1,3,5-7,9H2,(H,16,20). The van der Waals surface area contributed by atoms with Crippen molar-refractivity contribution in [3.63, 3.8) is 0 Å². The van der Waals surface area contributed by atoms with E-state index in [1.807, 2.05) is 17.5 Å². The van der Waals surface area contributed by atoms with Gasteiger partial charge in [0, 0.05) is 25.5 Å². The first-order chi connectivity index (χ1) is 10.8. The Morgan fingerprint density at radius 3 is 3.23 bits per heavy atom. The Hall–Kier alpha value is -1.60. The molecule has 0 radical (unpaired) electrons. The number of nitrogens with one attached hydrogen (secondary N) is 1. The Balaban J connectivity index is 1.66. The van der Waals surface area contributed by atoms with Gasteiger partial charge in [-0.05, 0) is 24.3 Å². The van der Waals surface area contributed by atoms with Gasteiger partial charge in [0.15, 0.2) is 0 Å². The quantitative estimate of drug-likeness (QED) is 0.869. The van der Waals surface area contributed by atoms with Crippen molar-refractivity contribution in [1.29, 1.82) is 0 Å². The summed E-state index contributed by atoms with van der Waals surface area (Å²) in [5, 5.41) is 13.0. The van der Waals surface area contributed by atoms with Crippen molar-refractivity contribution in [3.8, 4) is 10.8 Å². The lowest BCUT2D eigenvalue weighted by atomic mass is 9.98. The molecule has 0 saturated carbocycles. The summed E-state index contributed by atoms with van der Waals surface area (Å²) in [5.74, 6) is 1.67. The SMILES string of the molecule is O=C(NCCCl)N1CCCC(c2nnc(-c3cccs3)o2)C1. The molecule has 118 valence electrons. The van der Waals surface area contributed by atoms with Gasteiger partial charge in [-0.25, -0.2) is 4.79 Å². The Labute approximate surface area is 137 Å². The van der Waals surface area contributed by atoms with Crippen molar-refractivity contribution in [2.24, 2.45) is 0 Å². The Morgan fingerprint density at radius 1 is 1.55 bits per heavy atom. The molecule has 3 rings (SSSR count). The maximum Gasteiger partial charge on any atom is 0.317 e. The minimum absolute atomic E-state index is 0.0802. The molecule has 2 aromatic rings. The number of likely N-dealkylation sites (tertiary alicyclic amines) is 1. The predicted molar refractivity (Wildman–Crippen MR) is 85.3 cm³/mol.